The van der Waals surface area contributed by atoms with Crippen LogP contribution in [0.2, 0.25) is 0 Å². The summed E-state index contributed by atoms with van der Waals surface area (Å²) in [5.74, 6) is 0.0934. The zero-order chi connectivity index (χ0) is 22.4. The van der Waals surface area contributed by atoms with E-state index < -0.39 is 21.9 Å². The number of amides is 1. The number of hydrogen-bond acceptors (Lipinski definition) is 7. The Morgan fingerprint density at radius 1 is 1.16 bits per heavy atom. The molecule has 0 saturated heterocycles. The standard InChI is InChI=1S/C21H20N2O7S/c1-14-19(21(25)28-2)12-16(30-14)8-9-20(24)23-15-5-3-7-18(11-15)31(26,27)22-13-17-6-4-10-29-17/h3-12,22H,13H2,1-2H3,(H,23,24)/b9-8+. The van der Waals surface area contributed by atoms with Crippen LogP contribution in [0, 0.1) is 6.92 Å². The van der Waals surface area contributed by atoms with Crippen molar-refractivity contribution in [1.82, 2.24) is 4.72 Å². The Kier molecular flexibility index (Phi) is 6.73. The van der Waals surface area contributed by atoms with Gasteiger partial charge in [0.05, 0.1) is 24.8 Å². The highest BCUT2D eigenvalue weighted by molar-refractivity contribution is 7.89. The van der Waals surface area contributed by atoms with Crippen molar-refractivity contribution in [1.29, 1.82) is 0 Å². The third-order valence-electron chi connectivity index (χ3n) is 4.17. The van der Waals surface area contributed by atoms with E-state index in [1.165, 1.54) is 49.8 Å². The summed E-state index contributed by atoms with van der Waals surface area (Å²) in [7, 11) is -2.54. The second-order valence-electron chi connectivity index (χ2n) is 6.36. The molecule has 2 heterocycles. The first-order chi connectivity index (χ1) is 14.8. The number of rotatable bonds is 8. The van der Waals surface area contributed by atoms with Crippen molar-refractivity contribution in [2.45, 2.75) is 18.4 Å². The molecule has 162 valence electrons. The molecule has 3 aromatic rings. The van der Waals surface area contributed by atoms with E-state index in [-0.39, 0.29) is 17.0 Å². The van der Waals surface area contributed by atoms with Gasteiger partial charge in [0, 0.05) is 11.8 Å². The van der Waals surface area contributed by atoms with Crippen molar-refractivity contribution in [3.63, 3.8) is 0 Å². The zero-order valence-corrected chi connectivity index (χ0v) is 17.6. The molecule has 0 radical (unpaired) electrons. The lowest BCUT2D eigenvalue weighted by atomic mass is 10.2. The number of anilines is 1. The minimum absolute atomic E-state index is 0.00475. The maximum absolute atomic E-state index is 12.5. The van der Waals surface area contributed by atoms with Crippen molar-refractivity contribution in [2.75, 3.05) is 12.4 Å². The van der Waals surface area contributed by atoms with Gasteiger partial charge in [-0.3, -0.25) is 4.79 Å². The maximum atomic E-state index is 12.5. The summed E-state index contributed by atoms with van der Waals surface area (Å²) in [6.07, 6.45) is 4.05. The van der Waals surface area contributed by atoms with E-state index in [0.717, 1.165) is 0 Å². The number of ether oxygens (including phenoxy) is 1. The number of aryl methyl sites for hydroxylation is 1. The van der Waals surface area contributed by atoms with Crippen LogP contribution in [0.15, 0.2) is 68.5 Å². The smallest absolute Gasteiger partial charge is 0.341 e. The fraction of sp³-hybridized carbons (Fsp3) is 0.143. The van der Waals surface area contributed by atoms with Gasteiger partial charge in [-0.1, -0.05) is 6.07 Å². The molecule has 0 atom stereocenters. The average Bonchev–Trinajstić information content (AvgIpc) is 3.40. The molecule has 31 heavy (non-hydrogen) atoms. The van der Waals surface area contributed by atoms with Crippen molar-refractivity contribution in [2.24, 2.45) is 0 Å². The summed E-state index contributed by atoms with van der Waals surface area (Å²) in [6.45, 7) is 1.61. The molecule has 2 aromatic heterocycles. The quantitative estimate of drug-likeness (QED) is 0.404. The highest BCUT2D eigenvalue weighted by Crippen LogP contribution is 2.18. The van der Waals surface area contributed by atoms with Crippen LogP contribution in [0.25, 0.3) is 6.08 Å². The minimum Gasteiger partial charge on any atom is -0.468 e. The Balaban J connectivity index is 1.65. The van der Waals surface area contributed by atoms with Crippen molar-refractivity contribution < 1.29 is 31.6 Å². The fourth-order valence-corrected chi connectivity index (χ4v) is 3.68. The fourth-order valence-electron chi connectivity index (χ4n) is 2.65. The van der Waals surface area contributed by atoms with E-state index >= 15 is 0 Å². The van der Waals surface area contributed by atoms with Crippen LogP contribution >= 0.6 is 0 Å². The predicted octanol–water partition coefficient (Wildman–Crippen LogP) is 3.10. The van der Waals surface area contributed by atoms with Crippen LogP contribution in [0.4, 0.5) is 5.69 Å². The normalized spacial score (nSPS) is 11.5. The number of hydrogen-bond donors (Lipinski definition) is 2. The van der Waals surface area contributed by atoms with Crippen LogP contribution in [0.5, 0.6) is 0 Å². The van der Waals surface area contributed by atoms with Gasteiger partial charge in [-0.2, -0.15) is 0 Å². The molecule has 1 amide bonds. The van der Waals surface area contributed by atoms with Gasteiger partial charge in [-0.15, -0.1) is 0 Å². The van der Waals surface area contributed by atoms with Gasteiger partial charge < -0.3 is 18.9 Å². The molecule has 0 spiro atoms. The number of carbonyl (C=O) groups excluding carboxylic acids is 2. The van der Waals surface area contributed by atoms with Gasteiger partial charge in [0.2, 0.25) is 15.9 Å². The Morgan fingerprint density at radius 3 is 2.68 bits per heavy atom. The molecule has 0 fully saturated rings. The number of benzene rings is 1. The first-order valence-electron chi connectivity index (χ1n) is 9.08. The Hall–Kier alpha value is -3.63. The molecule has 0 aliphatic heterocycles. The lowest BCUT2D eigenvalue weighted by Gasteiger charge is -2.08. The number of furan rings is 2. The molecule has 1 aromatic carbocycles. The third kappa shape index (κ3) is 5.71. The molecule has 9 nitrogen and oxygen atoms in total. The lowest BCUT2D eigenvalue weighted by Crippen LogP contribution is -2.23. The molecule has 0 bridgehead atoms. The molecule has 2 N–H and O–H groups in total. The molecule has 0 aliphatic carbocycles. The topological polar surface area (TPSA) is 128 Å². The number of methoxy groups -OCH3 is 1. The van der Waals surface area contributed by atoms with E-state index in [0.29, 0.717) is 23.0 Å². The second-order valence-corrected chi connectivity index (χ2v) is 8.13. The van der Waals surface area contributed by atoms with Gasteiger partial charge in [-0.05, 0) is 49.4 Å². The predicted molar refractivity (Wildman–Crippen MR) is 112 cm³/mol. The lowest BCUT2D eigenvalue weighted by molar-refractivity contribution is -0.111. The largest absolute Gasteiger partial charge is 0.468 e. The number of sulfonamides is 1. The van der Waals surface area contributed by atoms with E-state index in [4.69, 9.17) is 8.83 Å². The average molecular weight is 444 g/mol. The van der Waals surface area contributed by atoms with E-state index in [2.05, 4.69) is 14.8 Å². The van der Waals surface area contributed by atoms with E-state index in [9.17, 15) is 18.0 Å². The van der Waals surface area contributed by atoms with Gasteiger partial charge in [0.15, 0.2) is 0 Å². The Labute approximate surface area is 178 Å². The summed E-state index contributed by atoms with van der Waals surface area (Å²) < 4.78 is 42.5. The molecule has 0 saturated carbocycles. The SMILES string of the molecule is COC(=O)c1cc(/C=C/C(=O)Nc2cccc(S(=O)(=O)NCc3ccco3)c2)oc1C. The Bertz CT molecular complexity index is 1210. The van der Waals surface area contributed by atoms with Crippen LogP contribution in [-0.4, -0.2) is 27.4 Å². The zero-order valence-electron chi connectivity index (χ0n) is 16.7. The third-order valence-corrected chi connectivity index (χ3v) is 5.57. The van der Waals surface area contributed by atoms with E-state index in [1.807, 2.05) is 0 Å². The summed E-state index contributed by atoms with van der Waals surface area (Å²) in [5.41, 5.74) is 0.559. The Morgan fingerprint density at radius 2 is 1.97 bits per heavy atom. The molecule has 3 rings (SSSR count). The second kappa shape index (κ2) is 9.45. The van der Waals surface area contributed by atoms with Crippen LogP contribution in [0.3, 0.4) is 0 Å². The summed E-state index contributed by atoms with van der Waals surface area (Å²) >= 11 is 0. The van der Waals surface area contributed by atoms with E-state index in [1.54, 1.807) is 25.1 Å². The summed E-state index contributed by atoms with van der Waals surface area (Å²) in [6, 6.07) is 10.6. The highest BCUT2D eigenvalue weighted by atomic mass is 32.2. The molecule has 0 unspecified atom stereocenters. The highest BCUT2D eigenvalue weighted by Gasteiger charge is 2.16. The van der Waals surface area contributed by atoms with Crippen molar-refractivity contribution >= 4 is 33.7 Å². The van der Waals surface area contributed by atoms with Gasteiger partial charge in [-0.25, -0.2) is 17.9 Å². The maximum Gasteiger partial charge on any atom is 0.341 e. The minimum atomic E-state index is -3.80. The summed E-state index contributed by atoms with van der Waals surface area (Å²) in [4.78, 5) is 23.8. The first-order valence-corrected chi connectivity index (χ1v) is 10.6. The number of carbonyl (C=O) groups is 2. The van der Waals surface area contributed by atoms with Crippen LogP contribution in [0.1, 0.15) is 27.6 Å². The number of esters is 1. The van der Waals surface area contributed by atoms with Crippen molar-refractivity contribution in [3.8, 4) is 0 Å². The van der Waals surface area contributed by atoms with Crippen molar-refractivity contribution in [3.05, 3.63) is 77.6 Å². The molecule has 10 heteroatoms. The van der Waals surface area contributed by atoms with Crippen LogP contribution in [-0.2, 0) is 26.1 Å². The monoisotopic (exact) mass is 444 g/mol. The molecular formula is C21H20N2O7S. The molecular weight excluding hydrogens is 424 g/mol. The molecule has 0 aliphatic rings. The number of nitrogens with one attached hydrogen (secondary N) is 2. The van der Waals surface area contributed by atoms with Gasteiger partial charge >= 0.3 is 5.97 Å². The van der Waals surface area contributed by atoms with Gasteiger partial charge in [0.1, 0.15) is 22.8 Å². The first kappa shape index (κ1) is 22.1. The summed E-state index contributed by atoms with van der Waals surface area (Å²) in [5, 5.41) is 2.58. The van der Waals surface area contributed by atoms with Gasteiger partial charge in [0.25, 0.3) is 0 Å². The van der Waals surface area contributed by atoms with Crippen LogP contribution < -0.4 is 10.0 Å².